The molecule has 5 heteroatoms. The van der Waals surface area contributed by atoms with Gasteiger partial charge in [0.1, 0.15) is 5.60 Å². The predicted octanol–water partition coefficient (Wildman–Crippen LogP) is 2.67. The van der Waals surface area contributed by atoms with Gasteiger partial charge in [0, 0.05) is 0 Å². The lowest BCUT2D eigenvalue weighted by molar-refractivity contribution is -0.219. The highest BCUT2D eigenvalue weighted by Gasteiger charge is 2.59. The molecule has 3 nitrogen and oxygen atoms in total. The maximum atomic E-state index is 13.4. The maximum Gasteiger partial charge on any atom is 0.377 e. The first-order valence-corrected chi connectivity index (χ1v) is 5.84. The molecule has 1 saturated carbocycles. The lowest BCUT2D eigenvalue weighted by Crippen LogP contribution is -2.55. The van der Waals surface area contributed by atoms with Crippen molar-refractivity contribution in [1.29, 1.82) is 0 Å². The molecule has 1 rings (SSSR count). The molecule has 17 heavy (non-hydrogen) atoms. The Bertz CT molecular complexity index is 299. The van der Waals surface area contributed by atoms with E-state index in [1.807, 2.05) is 20.8 Å². The highest BCUT2D eigenvalue weighted by molar-refractivity contribution is 5.77. The molecule has 1 aliphatic carbocycles. The zero-order valence-electron chi connectivity index (χ0n) is 10.5. The number of carboxylic acid groups (broad SMARTS) is 1. The molecule has 2 N–H and O–H groups in total. The van der Waals surface area contributed by atoms with E-state index in [0.717, 1.165) is 0 Å². The second-order valence-corrected chi connectivity index (χ2v) is 6.05. The summed E-state index contributed by atoms with van der Waals surface area (Å²) < 4.78 is 26.8. The lowest BCUT2D eigenvalue weighted by atomic mass is 9.67. The zero-order chi connectivity index (χ0) is 13.5. The van der Waals surface area contributed by atoms with E-state index in [9.17, 15) is 18.7 Å². The Morgan fingerprint density at radius 2 is 1.65 bits per heavy atom. The van der Waals surface area contributed by atoms with Crippen LogP contribution in [0.25, 0.3) is 0 Å². The van der Waals surface area contributed by atoms with Gasteiger partial charge in [0.2, 0.25) is 0 Å². The van der Waals surface area contributed by atoms with Crippen molar-refractivity contribution in [2.75, 3.05) is 0 Å². The molecular weight excluding hydrogens is 230 g/mol. The van der Waals surface area contributed by atoms with Crippen LogP contribution >= 0.6 is 0 Å². The van der Waals surface area contributed by atoms with Crippen molar-refractivity contribution in [3.8, 4) is 0 Å². The summed E-state index contributed by atoms with van der Waals surface area (Å²) >= 11 is 0. The van der Waals surface area contributed by atoms with Crippen LogP contribution in [0, 0.1) is 11.3 Å². The molecule has 0 spiro atoms. The molecule has 0 amide bonds. The first kappa shape index (κ1) is 14.4. The van der Waals surface area contributed by atoms with Crippen LogP contribution in [-0.4, -0.2) is 27.7 Å². The van der Waals surface area contributed by atoms with Crippen LogP contribution in [0.3, 0.4) is 0 Å². The second-order valence-electron chi connectivity index (χ2n) is 6.05. The third-order valence-electron chi connectivity index (χ3n) is 3.89. The van der Waals surface area contributed by atoms with Crippen molar-refractivity contribution in [2.45, 2.75) is 58.0 Å². The van der Waals surface area contributed by atoms with E-state index >= 15 is 0 Å². The number of hydrogen-bond donors (Lipinski definition) is 2. The Kier molecular flexibility index (Phi) is 3.54. The quantitative estimate of drug-likeness (QED) is 0.792. The van der Waals surface area contributed by atoms with E-state index in [-0.39, 0.29) is 24.2 Å². The Hall–Kier alpha value is -0.710. The summed E-state index contributed by atoms with van der Waals surface area (Å²) in [6.07, 6.45) is 0.550. The van der Waals surface area contributed by atoms with Gasteiger partial charge in [0.25, 0.3) is 0 Å². The standard InChI is InChI=1S/C12H20F2O3/c1-10(2,3)8-4-6-11(17,7-5-8)12(13,14)9(15)16/h8,17H,4-7H2,1-3H3,(H,15,16). The third-order valence-corrected chi connectivity index (χ3v) is 3.89. The zero-order valence-corrected chi connectivity index (χ0v) is 10.5. The van der Waals surface area contributed by atoms with Crippen molar-refractivity contribution < 1.29 is 23.8 Å². The summed E-state index contributed by atoms with van der Waals surface area (Å²) in [5.41, 5.74) is -2.39. The largest absolute Gasteiger partial charge is 0.477 e. The van der Waals surface area contributed by atoms with Gasteiger partial charge in [0.05, 0.1) is 0 Å². The SMILES string of the molecule is CC(C)(C)C1CCC(O)(C(F)(F)C(=O)O)CC1. The van der Waals surface area contributed by atoms with Crippen LogP contribution in [0.2, 0.25) is 0 Å². The van der Waals surface area contributed by atoms with Crippen molar-refractivity contribution in [1.82, 2.24) is 0 Å². The molecule has 0 aromatic rings. The van der Waals surface area contributed by atoms with Crippen LogP contribution < -0.4 is 0 Å². The Balaban J connectivity index is 2.77. The van der Waals surface area contributed by atoms with E-state index < -0.39 is 17.5 Å². The maximum absolute atomic E-state index is 13.4. The molecule has 1 fully saturated rings. The highest BCUT2D eigenvalue weighted by atomic mass is 19.3. The number of carbonyl (C=O) groups is 1. The fraction of sp³-hybridized carbons (Fsp3) is 0.917. The van der Waals surface area contributed by atoms with Gasteiger partial charge < -0.3 is 10.2 Å². The topological polar surface area (TPSA) is 57.5 Å². The summed E-state index contributed by atoms with van der Waals surface area (Å²) in [6, 6.07) is 0. The summed E-state index contributed by atoms with van der Waals surface area (Å²) in [7, 11) is 0. The van der Waals surface area contributed by atoms with E-state index in [4.69, 9.17) is 5.11 Å². The fourth-order valence-corrected chi connectivity index (χ4v) is 2.47. The van der Waals surface area contributed by atoms with Gasteiger partial charge in [0.15, 0.2) is 0 Å². The number of alkyl halides is 2. The van der Waals surface area contributed by atoms with Gasteiger partial charge in [-0.3, -0.25) is 0 Å². The third kappa shape index (κ3) is 2.59. The minimum atomic E-state index is -4.06. The number of aliphatic hydroxyl groups is 1. The van der Waals surface area contributed by atoms with Gasteiger partial charge in [-0.2, -0.15) is 8.78 Å². The molecule has 100 valence electrons. The highest BCUT2D eigenvalue weighted by Crippen LogP contribution is 2.46. The monoisotopic (exact) mass is 250 g/mol. The Morgan fingerprint density at radius 3 is 1.94 bits per heavy atom. The number of hydrogen-bond acceptors (Lipinski definition) is 2. The number of aliphatic carboxylic acids is 1. The number of carboxylic acids is 1. The van der Waals surface area contributed by atoms with Crippen molar-refractivity contribution in [2.24, 2.45) is 11.3 Å². The molecule has 0 saturated heterocycles. The number of halogens is 2. The van der Waals surface area contributed by atoms with Gasteiger partial charge in [-0.1, -0.05) is 20.8 Å². The molecule has 0 heterocycles. The van der Waals surface area contributed by atoms with Crippen LogP contribution in [0.5, 0.6) is 0 Å². The van der Waals surface area contributed by atoms with Gasteiger partial charge in [-0.05, 0) is 37.0 Å². The van der Waals surface area contributed by atoms with Crippen molar-refractivity contribution in [3.05, 3.63) is 0 Å². The molecule has 1 aliphatic rings. The van der Waals surface area contributed by atoms with Gasteiger partial charge in [-0.25, -0.2) is 4.79 Å². The minimum absolute atomic E-state index is 0.000159. The first-order chi connectivity index (χ1) is 7.51. The molecule has 0 radical (unpaired) electrons. The van der Waals surface area contributed by atoms with Crippen molar-refractivity contribution >= 4 is 5.97 Å². The summed E-state index contributed by atoms with van der Waals surface area (Å²) in [4.78, 5) is 10.5. The molecule has 0 bridgehead atoms. The Labute approximate surface area is 99.8 Å². The molecule has 0 unspecified atom stereocenters. The molecule has 0 atom stereocenters. The summed E-state index contributed by atoms with van der Waals surface area (Å²) in [5, 5.41) is 18.3. The predicted molar refractivity (Wildman–Crippen MR) is 58.9 cm³/mol. The van der Waals surface area contributed by atoms with Crippen LogP contribution in [0.4, 0.5) is 8.78 Å². The van der Waals surface area contributed by atoms with E-state index in [0.29, 0.717) is 12.8 Å². The van der Waals surface area contributed by atoms with Gasteiger partial charge in [-0.15, -0.1) is 0 Å². The van der Waals surface area contributed by atoms with Crippen LogP contribution in [0.1, 0.15) is 46.5 Å². The molecule has 0 aromatic heterocycles. The van der Waals surface area contributed by atoms with E-state index in [2.05, 4.69) is 0 Å². The molecule has 0 aromatic carbocycles. The minimum Gasteiger partial charge on any atom is -0.477 e. The van der Waals surface area contributed by atoms with Gasteiger partial charge >= 0.3 is 11.9 Å². The first-order valence-electron chi connectivity index (χ1n) is 5.84. The summed E-state index contributed by atoms with van der Waals surface area (Å²) in [5.74, 6) is -6.06. The van der Waals surface area contributed by atoms with Crippen LogP contribution in [-0.2, 0) is 4.79 Å². The average Bonchev–Trinajstić information content (AvgIpc) is 2.16. The van der Waals surface area contributed by atoms with E-state index in [1.54, 1.807) is 0 Å². The smallest absolute Gasteiger partial charge is 0.377 e. The second kappa shape index (κ2) is 4.19. The number of rotatable bonds is 2. The lowest BCUT2D eigenvalue weighted by Gasteiger charge is -2.43. The van der Waals surface area contributed by atoms with Crippen LogP contribution in [0.15, 0.2) is 0 Å². The molecule has 0 aliphatic heterocycles. The summed E-state index contributed by atoms with van der Waals surface area (Å²) in [6.45, 7) is 6.08. The normalized spacial score (nSPS) is 31.3. The van der Waals surface area contributed by atoms with Crippen molar-refractivity contribution in [3.63, 3.8) is 0 Å². The molecular formula is C12H20F2O3. The van der Waals surface area contributed by atoms with E-state index in [1.165, 1.54) is 0 Å². The average molecular weight is 250 g/mol. The Morgan fingerprint density at radius 1 is 1.24 bits per heavy atom. The fourth-order valence-electron chi connectivity index (χ4n) is 2.47.